The van der Waals surface area contributed by atoms with Crippen LogP contribution in [0.3, 0.4) is 0 Å². The van der Waals surface area contributed by atoms with Gasteiger partial charge in [0.15, 0.2) is 0 Å². The molecule has 0 N–H and O–H groups in total. The van der Waals surface area contributed by atoms with Crippen LogP contribution in [0.4, 0.5) is 4.39 Å². The molecule has 1 atom stereocenters. The molecule has 1 unspecified atom stereocenters. The number of aryl methyl sites for hydroxylation is 1. The Labute approximate surface area is 159 Å². The number of allylic oxidation sites excluding steroid dienone is 1. The van der Waals surface area contributed by atoms with E-state index in [9.17, 15) is 9.65 Å². The number of hydrogen-bond donors (Lipinski definition) is 0. The standard InChI is InChI=1S/C21H22FN5/c1-3-4-9-17-15(2)24-14-25-21(17)18-13-27(26-19(18)12-22)20(10-11-23)16-7-5-6-8-16/h1,4,9,13-14,16,20H,5-8,10,12H2,2H3/b9-4-. The second kappa shape index (κ2) is 8.60. The number of terminal acetylenes is 1. The van der Waals surface area contributed by atoms with Crippen LogP contribution in [0, 0.1) is 36.5 Å². The van der Waals surface area contributed by atoms with Crippen molar-refractivity contribution in [1.29, 1.82) is 5.26 Å². The van der Waals surface area contributed by atoms with Gasteiger partial charge in [-0.05, 0) is 37.8 Å². The molecule has 3 rings (SSSR count). The topological polar surface area (TPSA) is 67.4 Å². The van der Waals surface area contributed by atoms with E-state index in [1.807, 2.05) is 13.1 Å². The lowest BCUT2D eigenvalue weighted by Crippen LogP contribution is -2.17. The van der Waals surface area contributed by atoms with Crippen LogP contribution in [0.2, 0.25) is 0 Å². The van der Waals surface area contributed by atoms with E-state index >= 15 is 0 Å². The molecule has 0 radical (unpaired) electrons. The maximum absolute atomic E-state index is 13.8. The van der Waals surface area contributed by atoms with Crippen LogP contribution in [0.15, 0.2) is 18.6 Å². The van der Waals surface area contributed by atoms with E-state index in [4.69, 9.17) is 6.42 Å². The first-order chi connectivity index (χ1) is 13.2. The Morgan fingerprint density at radius 1 is 1.41 bits per heavy atom. The van der Waals surface area contributed by atoms with E-state index in [0.717, 1.165) is 24.1 Å². The second-order valence-corrected chi connectivity index (χ2v) is 6.80. The summed E-state index contributed by atoms with van der Waals surface area (Å²) in [5.41, 5.74) is 3.07. The van der Waals surface area contributed by atoms with Gasteiger partial charge in [-0.15, -0.1) is 6.42 Å². The van der Waals surface area contributed by atoms with Crippen LogP contribution in [-0.2, 0) is 6.67 Å². The van der Waals surface area contributed by atoms with Crippen molar-refractivity contribution in [3.8, 4) is 29.7 Å². The lowest BCUT2D eigenvalue weighted by Gasteiger charge is -2.21. The molecule has 0 aromatic carbocycles. The molecule has 2 heterocycles. The summed E-state index contributed by atoms with van der Waals surface area (Å²) < 4.78 is 15.5. The molecular formula is C21H22FN5. The molecule has 2 aromatic heterocycles. The van der Waals surface area contributed by atoms with Crippen LogP contribution in [0.1, 0.15) is 55.1 Å². The van der Waals surface area contributed by atoms with Crippen LogP contribution in [-0.4, -0.2) is 19.7 Å². The summed E-state index contributed by atoms with van der Waals surface area (Å²) in [6.45, 7) is 1.16. The van der Waals surface area contributed by atoms with Gasteiger partial charge in [0.05, 0.1) is 24.2 Å². The Balaban J connectivity index is 2.08. The van der Waals surface area contributed by atoms with Crippen molar-refractivity contribution in [2.45, 2.75) is 51.7 Å². The zero-order valence-corrected chi connectivity index (χ0v) is 15.4. The SMILES string of the molecule is C#C/C=C\c1c(C)ncnc1-c1cn(C(CC#N)C2CCCC2)nc1CF. The zero-order chi connectivity index (χ0) is 19.2. The summed E-state index contributed by atoms with van der Waals surface area (Å²) in [5.74, 6) is 2.86. The van der Waals surface area contributed by atoms with E-state index in [0.29, 0.717) is 29.3 Å². The normalized spacial score (nSPS) is 15.7. The molecular weight excluding hydrogens is 341 g/mol. The van der Waals surface area contributed by atoms with E-state index in [2.05, 4.69) is 27.1 Å². The Morgan fingerprint density at radius 3 is 2.85 bits per heavy atom. The van der Waals surface area contributed by atoms with Crippen LogP contribution in [0.25, 0.3) is 17.3 Å². The minimum Gasteiger partial charge on any atom is -0.267 e. The van der Waals surface area contributed by atoms with Crippen molar-refractivity contribution in [3.63, 3.8) is 0 Å². The highest BCUT2D eigenvalue weighted by Crippen LogP contribution is 2.37. The number of halogens is 1. The highest BCUT2D eigenvalue weighted by Gasteiger charge is 2.28. The number of alkyl halides is 1. The quantitative estimate of drug-likeness (QED) is 0.713. The van der Waals surface area contributed by atoms with Gasteiger partial charge in [0.2, 0.25) is 0 Å². The minimum absolute atomic E-state index is 0.0378. The molecule has 6 heteroatoms. The van der Waals surface area contributed by atoms with Crippen molar-refractivity contribution < 1.29 is 4.39 Å². The fraction of sp³-hybridized carbons (Fsp3) is 0.429. The van der Waals surface area contributed by atoms with Crippen molar-refractivity contribution in [1.82, 2.24) is 19.7 Å². The highest BCUT2D eigenvalue weighted by molar-refractivity contribution is 5.74. The molecule has 1 saturated carbocycles. The Hall–Kier alpha value is -2.99. The summed E-state index contributed by atoms with van der Waals surface area (Å²) in [7, 11) is 0. The highest BCUT2D eigenvalue weighted by atomic mass is 19.1. The Morgan fingerprint density at radius 2 is 2.19 bits per heavy atom. The Kier molecular flexibility index (Phi) is 5.98. The largest absolute Gasteiger partial charge is 0.267 e. The molecule has 0 saturated heterocycles. The van der Waals surface area contributed by atoms with E-state index in [1.54, 1.807) is 16.8 Å². The maximum Gasteiger partial charge on any atom is 0.134 e. The van der Waals surface area contributed by atoms with Gasteiger partial charge in [0, 0.05) is 23.0 Å². The van der Waals surface area contributed by atoms with Gasteiger partial charge in [-0.1, -0.05) is 18.8 Å². The Bertz CT molecular complexity index is 910. The molecule has 1 aliphatic rings. The fourth-order valence-corrected chi connectivity index (χ4v) is 3.84. The summed E-state index contributed by atoms with van der Waals surface area (Å²) >= 11 is 0. The number of rotatable bonds is 6. The third-order valence-corrected chi connectivity index (χ3v) is 5.20. The average Bonchev–Trinajstić information content (AvgIpc) is 3.35. The van der Waals surface area contributed by atoms with Crippen LogP contribution in [0.5, 0.6) is 0 Å². The fourth-order valence-electron chi connectivity index (χ4n) is 3.84. The number of aromatic nitrogens is 4. The summed E-state index contributed by atoms with van der Waals surface area (Å²) in [6.07, 6.45) is 16.8. The smallest absolute Gasteiger partial charge is 0.134 e. The lowest BCUT2D eigenvalue weighted by molar-refractivity contribution is 0.311. The predicted octanol–water partition coefficient (Wildman–Crippen LogP) is 4.41. The molecule has 5 nitrogen and oxygen atoms in total. The van der Waals surface area contributed by atoms with Crippen molar-refractivity contribution in [2.24, 2.45) is 5.92 Å². The van der Waals surface area contributed by atoms with Crippen LogP contribution < -0.4 is 0 Å². The molecule has 0 aliphatic heterocycles. The average molecular weight is 363 g/mol. The monoisotopic (exact) mass is 363 g/mol. The molecule has 1 fully saturated rings. The third kappa shape index (κ3) is 3.90. The lowest BCUT2D eigenvalue weighted by atomic mass is 9.96. The van der Waals surface area contributed by atoms with Gasteiger partial charge in [0.1, 0.15) is 18.7 Å². The number of hydrogen-bond acceptors (Lipinski definition) is 4. The zero-order valence-electron chi connectivity index (χ0n) is 15.4. The molecule has 0 spiro atoms. The van der Waals surface area contributed by atoms with E-state index < -0.39 is 6.67 Å². The summed E-state index contributed by atoms with van der Waals surface area (Å²) in [5, 5.41) is 13.8. The first-order valence-corrected chi connectivity index (χ1v) is 9.15. The molecule has 2 aromatic rings. The minimum atomic E-state index is -0.701. The van der Waals surface area contributed by atoms with E-state index in [-0.39, 0.29) is 6.04 Å². The second-order valence-electron chi connectivity index (χ2n) is 6.80. The van der Waals surface area contributed by atoms with Gasteiger partial charge in [-0.25, -0.2) is 14.4 Å². The number of nitriles is 1. The summed E-state index contributed by atoms with van der Waals surface area (Å²) in [6, 6.07) is 2.23. The van der Waals surface area contributed by atoms with Gasteiger partial charge >= 0.3 is 0 Å². The van der Waals surface area contributed by atoms with Gasteiger partial charge in [-0.2, -0.15) is 10.4 Å². The molecule has 0 amide bonds. The maximum atomic E-state index is 13.8. The van der Waals surface area contributed by atoms with E-state index in [1.165, 1.54) is 19.2 Å². The predicted molar refractivity (Wildman–Crippen MR) is 102 cm³/mol. The van der Waals surface area contributed by atoms with Crippen molar-refractivity contribution in [2.75, 3.05) is 0 Å². The van der Waals surface area contributed by atoms with Crippen LogP contribution >= 0.6 is 0 Å². The first-order valence-electron chi connectivity index (χ1n) is 9.15. The first kappa shape index (κ1) is 18.8. The molecule has 0 bridgehead atoms. The molecule has 1 aliphatic carbocycles. The number of nitrogens with zero attached hydrogens (tertiary/aromatic N) is 5. The van der Waals surface area contributed by atoms with Crippen molar-refractivity contribution >= 4 is 6.08 Å². The molecule has 27 heavy (non-hydrogen) atoms. The van der Waals surface area contributed by atoms with Gasteiger partial charge < -0.3 is 0 Å². The van der Waals surface area contributed by atoms with Crippen molar-refractivity contribution in [3.05, 3.63) is 35.6 Å². The van der Waals surface area contributed by atoms with Gasteiger partial charge in [0.25, 0.3) is 0 Å². The van der Waals surface area contributed by atoms with Gasteiger partial charge in [-0.3, -0.25) is 4.68 Å². The molecule has 138 valence electrons. The summed E-state index contributed by atoms with van der Waals surface area (Å²) in [4.78, 5) is 8.58. The third-order valence-electron chi connectivity index (χ3n) is 5.20.